The summed E-state index contributed by atoms with van der Waals surface area (Å²) in [5.74, 6) is -3.41. The van der Waals surface area contributed by atoms with Crippen LogP contribution in [0.15, 0.2) is 182 Å². The van der Waals surface area contributed by atoms with Crippen molar-refractivity contribution in [3.05, 3.63) is 182 Å². The summed E-state index contributed by atoms with van der Waals surface area (Å²) >= 11 is 0. The highest BCUT2D eigenvalue weighted by Gasteiger charge is 2.50. The standard InChI is InChI=1S/C71H104O12/c1-4-7-10-13-16-19-22-25-28-30-32-34-37-39-42-45-48-51-54-57-63(72)79-60-62(81-64(73)58-55-52-49-46-43-41-38-35-33-31-29-26-23-20-17-14-11-8-5-2)61-80-71-69(67(76)66(75)68(83-71)70(77)78)82-65(74)59-56-53-50-47-44-40-36-27-24-21-18-15-12-9-6-3/h7-12,16-21,25-29,32-36,39,41-44,47,53,56,62,66-69,71,75-76H,4-6,13-15,22-24,30-31,37-38,40,45-46,48-52,54-55,57-61H2,1-3H3,(H,77,78)/b10-7-,11-8-,12-9-,19-16-,20-17-,21-18-,28-25-,29-26-,34-32-,35-33-,36-27-,42-39-,43-41-,47-44-,56-53-. The van der Waals surface area contributed by atoms with Gasteiger partial charge in [0.2, 0.25) is 0 Å². The molecule has 0 saturated carbocycles. The van der Waals surface area contributed by atoms with Gasteiger partial charge in [0.05, 0.1) is 13.0 Å². The predicted octanol–water partition coefficient (Wildman–Crippen LogP) is 16.4. The predicted molar refractivity (Wildman–Crippen MR) is 339 cm³/mol. The minimum atomic E-state index is -1.96. The monoisotopic (exact) mass is 1150 g/mol. The first-order valence-corrected chi connectivity index (χ1v) is 30.8. The first-order chi connectivity index (χ1) is 40.6. The lowest BCUT2D eigenvalue weighted by molar-refractivity contribution is -0.301. The molecule has 0 spiro atoms. The molecule has 3 N–H and O–H groups in total. The number of allylic oxidation sites excluding steroid dienone is 29. The highest BCUT2D eigenvalue weighted by molar-refractivity contribution is 5.74. The quantitative estimate of drug-likeness (QED) is 0.0228. The number of rotatable bonds is 49. The van der Waals surface area contributed by atoms with Gasteiger partial charge in [-0.25, -0.2) is 4.79 Å². The third-order valence-corrected chi connectivity index (χ3v) is 12.5. The van der Waals surface area contributed by atoms with Crippen LogP contribution >= 0.6 is 0 Å². The maximum Gasteiger partial charge on any atom is 0.335 e. The Bertz CT molecular complexity index is 2140. The van der Waals surface area contributed by atoms with Crippen LogP contribution < -0.4 is 0 Å². The lowest BCUT2D eigenvalue weighted by atomic mass is 9.98. The number of hydrogen-bond acceptors (Lipinski definition) is 11. The molecule has 1 heterocycles. The van der Waals surface area contributed by atoms with Crippen LogP contribution in [0.1, 0.15) is 188 Å². The van der Waals surface area contributed by atoms with Crippen molar-refractivity contribution in [2.75, 3.05) is 13.2 Å². The second kappa shape index (κ2) is 56.3. The molecule has 12 nitrogen and oxygen atoms in total. The number of carbonyl (C=O) groups is 4. The van der Waals surface area contributed by atoms with Gasteiger partial charge in [-0.05, 0) is 135 Å². The molecule has 1 aliphatic heterocycles. The number of ether oxygens (including phenoxy) is 5. The van der Waals surface area contributed by atoms with E-state index in [1.165, 1.54) is 0 Å². The Morgan fingerprint density at radius 3 is 1.13 bits per heavy atom. The van der Waals surface area contributed by atoms with Gasteiger partial charge in [-0.3, -0.25) is 14.4 Å². The van der Waals surface area contributed by atoms with Crippen molar-refractivity contribution < 1.29 is 58.2 Å². The van der Waals surface area contributed by atoms with Crippen molar-refractivity contribution in [1.82, 2.24) is 0 Å². The van der Waals surface area contributed by atoms with Crippen LogP contribution in [0.25, 0.3) is 0 Å². The smallest absolute Gasteiger partial charge is 0.335 e. The molecule has 83 heavy (non-hydrogen) atoms. The number of aliphatic carboxylic acids is 1. The SMILES string of the molecule is CC/C=C\C/C=C\C/C=C\C/C=C\C/C=C\CCCCCC(=O)OCC(COC1OC(C(=O)O)C(O)C(O)C1OC(=O)C/C=C\C/C=C\C/C=C\C/C=C\C/C=C\CC)OC(=O)CCCCC/C=C\C/C=C\C/C=C\C/C=C\C/C=C\CC. The second-order valence-electron chi connectivity index (χ2n) is 19.9. The van der Waals surface area contributed by atoms with E-state index in [1.807, 2.05) is 12.2 Å². The Kier molecular flexibility index (Phi) is 50.8. The van der Waals surface area contributed by atoms with Crippen LogP contribution in [0.4, 0.5) is 0 Å². The van der Waals surface area contributed by atoms with Crippen molar-refractivity contribution in [3.8, 4) is 0 Å². The molecule has 1 rings (SSSR count). The Morgan fingerprint density at radius 1 is 0.410 bits per heavy atom. The highest BCUT2D eigenvalue weighted by atomic mass is 16.7. The Hall–Kier alpha value is -6.18. The maximum absolute atomic E-state index is 13.2. The molecule has 0 amide bonds. The summed E-state index contributed by atoms with van der Waals surface area (Å²) in [4.78, 5) is 51.2. The van der Waals surface area contributed by atoms with Gasteiger partial charge in [-0.1, -0.05) is 216 Å². The summed E-state index contributed by atoms with van der Waals surface area (Å²) in [6.07, 6.45) is 73.1. The molecule has 0 radical (unpaired) electrons. The van der Waals surface area contributed by atoms with Gasteiger partial charge in [0.1, 0.15) is 18.8 Å². The average Bonchev–Trinajstić information content (AvgIpc) is 3.58. The first kappa shape index (κ1) is 74.8. The zero-order chi connectivity index (χ0) is 60.3. The minimum Gasteiger partial charge on any atom is -0.479 e. The second-order valence-corrected chi connectivity index (χ2v) is 19.9. The molecular formula is C71H104O12. The summed E-state index contributed by atoms with van der Waals surface area (Å²) < 4.78 is 28.3. The van der Waals surface area contributed by atoms with E-state index in [0.717, 1.165) is 128 Å². The Labute approximate surface area is 500 Å². The molecular weight excluding hydrogens is 1040 g/mol. The van der Waals surface area contributed by atoms with Crippen molar-refractivity contribution in [1.29, 1.82) is 0 Å². The number of aliphatic hydroxyl groups is 2. The van der Waals surface area contributed by atoms with Gasteiger partial charge in [-0.15, -0.1) is 0 Å². The molecule has 1 saturated heterocycles. The Balaban J connectivity index is 2.79. The fourth-order valence-electron chi connectivity index (χ4n) is 7.91. The third kappa shape index (κ3) is 46.0. The Morgan fingerprint density at radius 2 is 0.759 bits per heavy atom. The molecule has 6 unspecified atom stereocenters. The van der Waals surface area contributed by atoms with E-state index in [2.05, 4.69) is 179 Å². The van der Waals surface area contributed by atoms with Gasteiger partial charge in [0, 0.05) is 12.8 Å². The van der Waals surface area contributed by atoms with Crippen LogP contribution in [0, 0.1) is 0 Å². The van der Waals surface area contributed by atoms with E-state index >= 15 is 0 Å². The summed E-state index contributed by atoms with van der Waals surface area (Å²) in [6.45, 7) is 5.53. The number of esters is 3. The van der Waals surface area contributed by atoms with Crippen LogP contribution in [0.5, 0.6) is 0 Å². The highest BCUT2D eigenvalue weighted by Crippen LogP contribution is 2.26. The van der Waals surface area contributed by atoms with Crippen LogP contribution in [-0.4, -0.2) is 89.2 Å². The molecule has 460 valence electrons. The topological polar surface area (TPSA) is 175 Å². The molecule has 0 aromatic heterocycles. The number of unbranched alkanes of at least 4 members (excludes halogenated alkanes) is 6. The summed E-state index contributed by atoms with van der Waals surface area (Å²) in [7, 11) is 0. The molecule has 0 aliphatic carbocycles. The van der Waals surface area contributed by atoms with Crippen molar-refractivity contribution in [2.45, 2.75) is 225 Å². The largest absolute Gasteiger partial charge is 0.479 e. The normalized spacial score (nSPS) is 18.9. The van der Waals surface area contributed by atoms with Gasteiger partial charge < -0.3 is 39.0 Å². The lowest BCUT2D eigenvalue weighted by Crippen LogP contribution is -2.61. The van der Waals surface area contributed by atoms with E-state index < -0.39 is 67.3 Å². The molecule has 0 aromatic rings. The van der Waals surface area contributed by atoms with Crippen molar-refractivity contribution in [3.63, 3.8) is 0 Å². The van der Waals surface area contributed by atoms with E-state index in [9.17, 15) is 34.5 Å². The van der Waals surface area contributed by atoms with E-state index in [4.69, 9.17) is 23.7 Å². The molecule has 12 heteroatoms. The van der Waals surface area contributed by atoms with E-state index in [-0.39, 0.29) is 25.9 Å². The summed E-state index contributed by atoms with van der Waals surface area (Å²) in [5.41, 5.74) is 0. The van der Waals surface area contributed by atoms with E-state index in [0.29, 0.717) is 19.3 Å². The molecule has 0 bridgehead atoms. The number of hydrogen-bond donors (Lipinski definition) is 3. The van der Waals surface area contributed by atoms with E-state index in [1.54, 1.807) is 12.2 Å². The maximum atomic E-state index is 13.2. The molecule has 1 aliphatic rings. The number of carboxylic acid groups (broad SMARTS) is 1. The number of carbonyl (C=O) groups excluding carboxylic acids is 3. The zero-order valence-corrected chi connectivity index (χ0v) is 50.6. The molecule has 1 fully saturated rings. The first-order valence-electron chi connectivity index (χ1n) is 30.8. The zero-order valence-electron chi connectivity index (χ0n) is 50.6. The van der Waals surface area contributed by atoms with Crippen molar-refractivity contribution >= 4 is 23.9 Å². The van der Waals surface area contributed by atoms with Gasteiger partial charge >= 0.3 is 23.9 Å². The molecule has 6 atom stereocenters. The minimum absolute atomic E-state index is 0.0932. The number of aliphatic hydroxyl groups excluding tert-OH is 2. The van der Waals surface area contributed by atoms with Gasteiger partial charge in [0.15, 0.2) is 24.6 Å². The fraction of sp³-hybridized carbons (Fsp3) is 0.521. The average molecular weight is 1150 g/mol. The summed E-state index contributed by atoms with van der Waals surface area (Å²) in [5, 5.41) is 31.5. The van der Waals surface area contributed by atoms with Crippen LogP contribution in [-0.2, 0) is 42.9 Å². The molecule has 0 aromatic carbocycles. The number of carboxylic acids is 1. The van der Waals surface area contributed by atoms with Crippen LogP contribution in [0.3, 0.4) is 0 Å². The van der Waals surface area contributed by atoms with Crippen LogP contribution in [0.2, 0.25) is 0 Å². The lowest BCUT2D eigenvalue weighted by Gasteiger charge is -2.40. The van der Waals surface area contributed by atoms with Gasteiger partial charge in [0.25, 0.3) is 0 Å². The van der Waals surface area contributed by atoms with Gasteiger partial charge in [-0.2, -0.15) is 0 Å². The fourth-order valence-corrected chi connectivity index (χ4v) is 7.91. The third-order valence-electron chi connectivity index (χ3n) is 12.5. The van der Waals surface area contributed by atoms with Crippen molar-refractivity contribution in [2.24, 2.45) is 0 Å². The summed E-state index contributed by atoms with van der Waals surface area (Å²) in [6, 6.07) is 0.